The van der Waals surface area contributed by atoms with Crippen molar-refractivity contribution in [1.82, 2.24) is 24.2 Å². The Hall–Kier alpha value is -2.55. The Balaban J connectivity index is 1.67. The molecule has 0 aliphatic rings. The fraction of sp³-hybridized carbons (Fsp3) is 0.300. The van der Waals surface area contributed by atoms with Crippen molar-refractivity contribution in [2.75, 3.05) is 13.6 Å². The van der Waals surface area contributed by atoms with Crippen LogP contribution in [0.3, 0.4) is 0 Å². The number of sulfonamides is 1. The first-order valence-corrected chi connectivity index (χ1v) is 10.6. The molecule has 0 bridgehead atoms. The van der Waals surface area contributed by atoms with Gasteiger partial charge in [0.05, 0.1) is 11.2 Å². The third kappa shape index (κ3) is 5.72. The average Bonchev–Trinajstić information content (AvgIpc) is 3.23. The van der Waals surface area contributed by atoms with Crippen LogP contribution in [0.2, 0.25) is 0 Å². The van der Waals surface area contributed by atoms with Gasteiger partial charge in [0.1, 0.15) is 0 Å². The molecule has 0 radical (unpaired) electrons. The fourth-order valence-electron chi connectivity index (χ4n) is 3.01. The molecule has 148 valence electrons. The molecule has 0 saturated heterocycles. The van der Waals surface area contributed by atoms with E-state index in [0.717, 1.165) is 38.2 Å². The summed E-state index contributed by atoms with van der Waals surface area (Å²) in [5.74, 6) is 0. The Labute approximate surface area is 166 Å². The molecule has 7 nitrogen and oxygen atoms in total. The minimum atomic E-state index is -3.41. The summed E-state index contributed by atoms with van der Waals surface area (Å²) in [6.45, 7) is 3.37. The maximum atomic E-state index is 11.9. The van der Waals surface area contributed by atoms with Crippen molar-refractivity contribution in [3.63, 3.8) is 0 Å². The van der Waals surface area contributed by atoms with Gasteiger partial charge in [-0.1, -0.05) is 12.1 Å². The van der Waals surface area contributed by atoms with E-state index in [1.54, 1.807) is 30.7 Å². The first-order valence-electron chi connectivity index (χ1n) is 9.16. The summed E-state index contributed by atoms with van der Waals surface area (Å²) in [6, 6.07) is 11.1. The van der Waals surface area contributed by atoms with E-state index < -0.39 is 10.0 Å². The normalized spacial score (nSPS) is 11.8. The first kappa shape index (κ1) is 20.2. The predicted molar refractivity (Wildman–Crippen MR) is 108 cm³/mol. The van der Waals surface area contributed by atoms with Gasteiger partial charge >= 0.3 is 0 Å². The SMILES string of the molecule is CNS(=O)(=O)c1ccc(CN(CCCn2ccnc2)Cc2ccncc2)cc1. The van der Waals surface area contributed by atoms with E-state index in [1.165, 1.54) is 12.6 Å². The maximum Gasteiger partial charge on any atom is 0.240 e. The third-order valence-electron chi connectivity index (χ3n) is 4.51. The largest absolute Gasteiger partial charge is 0.337 e. The molecule has 3 rings (SSSR count). The van der Waals surface area contributed by atoms with Crippen LogP contribution >= 0.6 is 0 Å². The van der Waals surface area contributed by atoms with E-state index >= 15 is 0 Å². The van der Waals surface area contributed by atoms with Gasteiger partial charge in [-0.2, -0.15) is 0 Å². The van der Waals surface area contributed by atoms with Crippen LogP contribution in [-0.4, -0.2) is 41.4 Å². The molecule has 0 saturated carbocycles. The number of pyridine rings is 1. The van der Waals surface area contributed by atoms with Crippen molar-refractivity contribution in [3.05, 3.63) is 78.6 Å². The van der Waals surface area contributed by atoms with E-state index in [9.17, 15) is 8.42 Å². The highest BCUT2D eigenvalue weighted by Gasteiger charge is 2.12. The minimum absolute atomic E-state index is 0.277. The Morgan fingerprint density at radius 1 is 0.964 bits per heavy atom. The molecular formula is C20H25N5O2S. The smallest absolute Gasteiger partial charge is 0.240 e. The van der Waals surface area contributed by atoms with Crippen molar-refractivity contribution < 1.29 is 8.42 Å². The van der Waals surface area contributed by atoms with Crippen molar-refractivity contribution in [2.24, 2.45) is 0 Å². The number of aromatic nitrogens is 3. The fourth-order valence-corrected chi connectivity index (χ4v) is 3.74. The lowest BCUT2D eigenvalue weighted by atomic mass is 10.2. The van der Waals surface area contributed by atoms with E-state index in [0.29, 0.717) is 0 Å². The molecule has 1 N–H and O–H groups in total. The first-order chi connectivity index (χ1) is 13.6. The highest BCUT2D eigenvalue weighted by atomic mass is 32.2. The zero-order valence-corrected chi connectivity index (χ0v) is 16.7. The number of nitrogens with zero attached hydrogens (tertiary/aromatic N) is 4. The molecule has 28 heavy (non-hydrogen) atoms. The van der Waals surface area contributed by atoms with Crippen molar-refractivity contribution >= 4 is 10.0 Å². The van der Waals surface area contributed by atoms with Gasteiger partial charge in [-0.25, -0.2) is 18.1 Å². The number of nitrogens with one attached hydrogen (secondary N) is 1. The quantitative estimate of drug-likeness (QED) is 0.566. The van der Waals surface area contributed by atoms with Gasteiger partial charge in [0.15, 0.2) is 0 Å². The summed E-state index contributed by atoms with van der Waals surface area (Å²) in [7, 11) is -1.99. The van der Waals surface area contributed by atoms with Gasteiger partial charge in [-0.3, -0.25) is 9.88 Å². The number of rotatable bonds is 10. The zero-order valence-electron chi connectivity index (χ0n) is 15.9. The number of imidazole rings is 1. The Morgan fingerprint density at radius 3 is 2.25 bits per heavy atom. The average molecular weight is 400 g/mol. The van der Waals surface area contributed by atoms with E-state index in [1.807, 2.05) is 36.8 Å². The van der Waals surface area contributed by atoms with Crippen LogP contribution in [0.5, 0.6) is 0 Å². The summed E-state index contributed by atoms with van der Waals surface area (Å²) in [6.07, 6.45) is 10.2. The molecule has 0 fully saturated rings. The molecule has 2 aromatic heterocycles. The summed E-state index contributed by atoms with van der Waals surface area (Å²) < 4.78 is 28.2. The van der Waals surface area contributed by atoms with Crippen LogP contribution in [0.15, 0.2) is 72.4 Å². The monoisotopic (exact) mass is 399 g/mol. The van der Waals surface area contributed by atoms with Gasteiger partial charge < -0.3 is 4.57 Å². The van der Waals surface area contributed by atoms with Crippen LogP contribution in [0.4, 0.5) is 0 Å². The molecule has 0 amide bonds. The van der Waals surface area contributed by atoms with E-state index in [2.05, 4.69) is 24.2 Å². The lowest BCUT2D eigenvalue weighted by Gasteiger charge is -2.23. The van der Waals surface area contributed by atoms with E-state index in [-0.39, 0.29) is 4.90 Å². The second-order valence-corrected chi connectivity index (χ2v) is 8.46. The number of benzene rings is 1. The molecule has 8 heteroatoms. The van der Waals surface area contributed by atoms with Gasteiger partial charge in [0, 0.05) is 51.0 Å². The van der Waals surface area contributed by atoms with Crippen LogP contribution in [0, 0.1) is 0 Å². The third-order valence-corrected chi connectivity index (χ3v) is 5.94. The van der Waals surface area contributed by atoms with Crippen molar-refractivity contribution in [2.45, 2.75) is 31.0 Å². The van der Waals surface area contributed by atoms with Gasteiger partial charge in [0.2, 0.25) is 10.0 Å². The molecule has 0 unspecified atom stereocenters. The molecule has 0 spiro atoms. The van der Waals surface area contributed by atoms with Gasteiger partial charge in [-0.05, 0) is 48.9 Å². The highest BCUT2D eigenvalue weighted by Crippen LogP contribution is 2.14. The molecule has 1 aromatic carbocycles. The molecule has 0 aliphatic carbocycles. The maximum absolute atomic E-state index is 11.9. The van der Waals surface area contributed by atoms with Crippen LogP contribution < -0.4 is 4.72 Å². The molecular weight excluding hydrogens is 374 g/mol. The summed E-state index contributed by atoms with van der Waals surface area (Å²) in [5, 5.41) is 0. The van der Waals surface area contributed by atoms with Gasteiger partial charge in [-0.15, -0.1) is 0 Å². The van der Waals surface area contributed by atoms with E-state index in [4.69, 9.17) is 0 Å². The Morgan fingerprint density at radius 2 is 1.64 bits per heavy atom. The molecule has 3 aromatic rings. The zero-order chi connectivity index (χ0) is 19.8. The van der Waals surface area contributed by atoms with Crippen molar-refractivity contribution in [3.8, 4) is 0 Å². The van der Waals surface area contributed by atoms with Gasteiger partial charge in [0.25, 0.3) is 0 Å². The second-order valence-electron chi connectivity index (χ2n) is 6.57. The standard InChI is InChI=1S/C20H25N5O2S/c1-21-28(26,27)20-5-3-18(4-6-20)15-25(16-19-7-9-22-10-8-19)13-2-12-24-14-11-23-17-24/h3-11,14,17,21H,2,12-13,15-16H2,1H3. The predicted octanol–water partition coefficient (Wildman–Crippen LogP) is 2.28. The van der Waals surface area contributed by atoms with Crippen LogP contribution in [-0.2, 0) is 29.7 Å². The second kappa shape index (κ2) is 9.59. The van der Waals surface area contributed by atoms with Crippen molar-refractivity contribution in [1.29, 1.82) is 0 Å². The number of hydrogen-bond donors (Lipinski definition) is 1. The summed E-state index contributed by atoms with van der Waals surface area (Å²) >= 11 is 0. The highest BCUT2D eigenvalue weighted by molar-refractivity contribution is 7.89. The lowest BCUT2D eigenvalue weighted by Crippen LogP contribution is -2.25. The minimum Gasteiger partial charge on any atom is -0.337 e. The Kier molecular flexibility index (Phi) is 6.91. The molecule has 2 heterocycles. The molecule has 0 aliphatic heterocycles. The lowest BCUT2D eigenvalue weighted by molar-refractivity contribution is 0.248. The van der Waals surface area contributed by atoms with Crippen LogP contribution in [0.25, 0.3) is 0 Å². The number of aryl methyl sites for hydroxylation is 1. The summed E-state index contributed by atoms with van der Waals surface area (Å²) in [5.41, 5.74) is 2.28. The summed E-state index contributed by atoms with van der Waals surface area (Å²) in [4.78, 5) is 10.8. The Bertz CT molecular complexity index is 942. The molecule has 0 atom stereocenters. The number of hydrogen-bond acceptors (Lipinski definition) is 5. The topological polar surface area (TPSA) is 80.1 Å². The van der Waals surface area contributed by atoms with Crippen LogP contribution in [0.1, 0.15) is 17.5 Å².